The average molecular weight is 624 g/mol. The fourth-order valence-electron chi connectivity index (χ4n) is 6.16. The number of nitrogens with one attached hydrogen (secondary N) is 1. The van der Waals surface area contributed by atoms with E-state index in [9.17, 15) is 9.59 Å². The minimum absolute atomic E-state index is 0.102. The standard InChI is InChI=1S/C28H49N5O7Si2/c1-16(2)41(17(3)4)36-14-22-21(39-42(40-41,18(5)6)19(7)8)13-23(37-22)32-15-29-24-25(32)30-27(31-26(24)35)33(28(10,11)12)38-20(9)34/h15-19,21-23H,13-14H2,1-12H3,(H,30,31,35)/t21-,22+,23+/m0/s1. The van der Waals surface area contributed by atoms with Crippen LogP contribution in [0.25, 0.3) is 11.2 Å². The first-order valence-electron chi connectivity index (χ1n) is 15.1. The molecular weight excluding hydrogens is 575 g/mol. The highest BCUT2D eigenvalue weighted by molar-refractivity contribution is 6.83. The van der Waals surface area contributed by atoms with Crippen LogP contribution in [-0.4, -0.2) is 67.0 Å². The lowest BCUT2D eigenvalue weighted by atomic mass is 10.1. The van der Waals surface area contributed by atoms with Crippen LogP contribution in [0, 0.1) is 0 Å². The summed E-state index contributed by atoms with van der Waals surface area (Å²) < 4.78 is 29.7. The van der Waals surface area contributed by atoms with Crippen molar-refractivity contribution in [3.05, 3.63) is 16.7 Å². The lowest BCUT2D eigenvalue weighted by molar-refractivity contribution is -0.144. The molecule has 0 saturated carbocycles. The van der Waals surface area contributed by atoms with Gasteiger partial charge in [0, 0.05) is 13.3 Å². The number of hydrogen-bond acceptors (Lipinski definition) is 10. The van der Waals surface area contributed by atoms with E-state index in [0.29, 0.717) is 18.7 Å². The number of hydrogen-bond donors (Lipinski definition) is 1. The largest absolute Gasteiger partial charge is 0.414 e. The number of aromatic amines is 1. The summed E-state index contributed by atoms with van der Waals surface area (Å²) in [5, 5.41) is 1.30. The van der Waals surface area contributed by atoms with Crippen LogP contribution >= 0.6 is 0 Å². The normalized spacial score (nSPS) is 24.3. The number of fused-ring (bicyclic) bond motifs is 2. The summed E-state index contributed by atoms with van der Waals surface area (Å²) in [5.74, 6) is -0.425. The Morgan fingerprint density at radius 3 is 2.17 bits per heavy atom. The quantitative estimate of drug-likeness (QED) is 0.314. The molecule has 2 fully saturated rings. The molecule has 0 radical (unpaired) electrons. The van der Waals surface area contributed by atoms with Gasteiger partial charge in [-0.25, -0.2) is 4.98 Å². The van der Waals surface area contributed by atoms with E-state index < -0.39 is 40.4 Å². The fraction of sp³-hybridized carbons (Fsp3) is 0.786. The van der Waals surface area contributed by atoms with Gasteiger partial charge in [0.25, 0.3) is 5.56 Å². The van der Waals surface area contributed by atoms with Crippen LogP contribution in [0.2, 0.25) is 22.2 Å². The highest BCUT2D eigenvalue weighted by Gasteiger charge is 2.60. The van der Waals surface area contributed by atoms with E-state index in [1.807, 2.05) is 20.8 Å². The van der Waals surface area contributed by atoms with Crippen LogP contribution in [0.1, 0.15) is 95.7 Å². The second kappa shape index (κ2) is 11.8. The molecule has 0 aromatic carbocycles. The summed E-state index contributed by atoms with van der Waals surface area (Å²) in [4.78, 5) is 42.2. The Morgan fingerprint density at radius 2 is 1.64 bits per heavy atom. The van der Waals surface area contributed by atoms with Crippen molar-refractivity contribution in [2.75, 3.05) is 11.7 Å². The first-order valence-corrected chi connectivity index (χ1v) is 19.0. The Balaban J connectivity index is 1.76. The molecule has 3 atom stereocenters. The number of aromatic nitrogens is 4. The summed E-state index contributed by atoms with van der Waals surface area (Å²) >= 11 is 0. The number of carbonyl (C=O) groups is 1. The van der Waals surface area contributed by atoms with Gasteiger partial charge in [0.1, 0.15) is 12.3 Å². The second-order valence-electron chi connectivity index (χ2n) is 13.8. The summed E-state index contributed by atoms with van der Waals surface area (Å²) in [6.45, 7) is 24.8. The van der Waals surface area contributed by atoms with E-state index >= 15 is 0 Å². The number of rotatable bonds is 7. The minimum Gasteiger partial charge on any atom is -0.414 e. The van der Waals surface area contributed by atoms with Gasteiger partial charge in [0.15, 0.2) is 11.2 Å². The van der Waals surface area contributed by atoms with Gasteiger partial charge in [0.2, 0.25) is 5.95 Å². The van der Waals surface area contributed by atoms with Crippen molar-refractivity contribution in [2.45, 2.75) is 136 Å². The molecule has 0 aliphatic carbocycles. The summed E-state index contributed by atoms with van der Waals surface area (Å²) in [5.41, 5.74) is 0.241. The number of ether oxygens (including phenoxy) is 1. The van der Waals surface area contributed by atoms with Crippen LogP contribution in [-0.2, 0) is 27.3 Å². The van der Waals surface area contributed by atoms with Gasteiger partial charge in [-0.05, 0) is 42.9 Å². The van der Waals surface area contributed by atoms with E-state index in [-0.39, 0.29) is 45.8 Å². The number of anilines is 1. The third-order valence-electron chi connectivity index (χ3n) is 8.28. The first-order chi connectivity index (χ1) is 19.4. The molecule has 0 unspecified atom stereocenters. The molecule has 42 heavy (non-hydrogen) atoms. The van der Waals surface area contributed by atoms with Crippen molar-refractivity contribution in [1.82, 2.24) is 19.5 Å². The molecule has 236 valence electrons. The Kier molecular flexibility index (Phi) is 9.19. The van der Waals surface area contributed by atoms with Crippen LogP contribution < -0.4 is 10.6 Å². The van der Waals surface area contributed by atoms with Crippen molar-refractivity contribution < 1.29 is 27.3 Å². The summed E-state index contributed by atoms with van der Waals surface area (Å²) in [6, 6.07) is 0. The molecule has 2 aliphatic heterocycles. The zero-order chi connectivity index (χ0) is 31.4. The number of hydroxylamine groups is 1. The Morgan fingerprint density at radius 1 is 1.05 bits per heavy atom. The lowest BCUT2D eigenvalue weighted by Gasteiger charge is -2.51. The van der Waals surface area contributed by atoms with Gasteiger partial charge in [-0.2, -0.15) is 10.0 Å². The predicted octanol–water partition coefficient (Wildman–Crippen LogP) is 5.45. The SMILES string of the molecule is CC(=O)ON(c1nc2c(ncn2[C@H]2C[C@@H]3O[Si](C(C)C)(C(C)C)O[Si](C(C)C)(C(C)C)OC[C@H]3O2)c(=O)[nH]1)C(C)(C)C. The molecule has 12 nitrogen and oxygen atoms in total. The number of nitrogens with zero attached hydrogens (tertiary/aromatic N) is 4. The van der Waals surface area contributed by atoms with Gasteiger partial charge >= 0.3 is 23.1 Å². The highest BCUT2D eigenvalue weighted by Crippen LogP contribution is 2.48. The van der Waals surface area contributed by atoms with Crippen LogP contribution in [0.15, 0.2) is 11.1 Å². The monoisotopic (exact) mass is 623 g/mol. The van der Waals surface area contributed by atoms with Crippen LogP contribution in [0.5, 0.6) is 0 Å². The smallest absolute Gasteiger partial charge is 0.335 e. The minimum atomic E-state index is -2.80. The molecule has 4 rings (SSSR count). The molecule has 2 aromatic heterocycles. The second-order valence-corrected chi connectivity index (χ2v) is 22.6. The first kappa shape index (κ1) is 32.8. The topological polar surface area (TPSA) is 130 Å². The van der Waals surface area contributed by atoms with Gasteiger partial charge < -0.3 is 22.5 Å². The number of H-pyrrole nitrogens is 1. The zero-order valence-electron chi connectivity index (χ0n) is 27.2. The summed E-state index contributed by atoms with van der Waals surface area (Å²) in [7, 11) is -5.50. The van der Waals surface area contributed by atoms with E-state index in [1.54, 1.807) is 10.9 Å². The third-order valence-corrected chi connectivity index (χ3v) is 18.6. The fourth-order valence-corrected chi connectivity index (χ4v) is 17.4. The average Bonchev–Trinajstić information content (AvgIpc) is 3.45. The molecule has 2 aliphatic rings. The van der Waals surface area contributed by atoms with Crippen molar-refractivity contribution in [1.29, 1.82) is 0 Å². The summed E-state index contributed by atoms with van der Waals surface area (Å²) in [6.07, 6.45) is 1.02. The maximum Gasteiger partial charge on any atom is 0.335 e. The molecular formula is C28H49N5O7Si2. The van der Waals surface area contributed by atoms with Crippen molar-refractivity contribution in [3.8, 4) is 0 Å². The maximum atomic E-state index is 13.1. The molecule has 0 bridgehead atoms. The van der Waals surface area contributed by atoms with Crippen molar-refractivity contribution in [3.63, 3.8) is 0 Å². The van der Waals surface area contributed by atoms with Crippen molar-refractivity contribution in [2.24, 2.45) is 0 Å². The molecule has 14 heteroatoms. The van der Waals surface area contributed by atoms with Gasteiger partial charge in [0.05, 0.1) is 24.6 Å². The van der Waals surface area contributed by atoms with E-state index in [0.717, 1.165) is 0 Å². The molecule has 0 spiro atoms. The highest BCUT2D eigenvalue weighted by atomic mass is 28.5. The number of carbonyl (C=O) groups excluding carboxylic acids is 1. The molecule has 1 N–H and O–H groups in total. The molecule has 0 amide bonds. The van der Waals surface area contributed by atoms with E-state index in [1.165, 1.54) is 12.0 Å². The Labute approximate surface area is 250 Å². The van der Waals surface area contributed by atoms with Crippen molar-refractivity contribution >= 4 is 40.2 Å². The molecule has 2 saturated heterocycles. The van der Waals surface area contributed by atoms with Gasteiger partial charge in [-0.1, -0.05) is 55.4 Å². The molecule has 2 aromatic rings. The van der Waals surface area contributed by atoms with E-state index in [2.05, 4.69) is 65.4 Å². The zero-order valence-corrected chi connectivity index (χ0v) is 29.2. The molecule has 4 heterocycles. The van der Waals surface area contributed by atoms with Crippen LogP contribution in [0.3, 0.4) is 0 Å². The van der Waals surface area contributed by atoms with Gasteiger partial charge in [-0.3, -0.25) is 19.1 Å². The van der Waals surface area contributed by atoms with Crippen LogP contribution in [0.4, 0.5) is 5.95 Å². The third kappa shape index (κ3) is 5.85. The predicted molar refractivity (Wildman–Crippen MR) is 164 cm³/mol. The lowest BCUT2D eigenvalue weighted by Crippen LogP contribution is -2.65. The van der Waals surface area contributed by atoms with Gasteiger partial charge in [-0.15, -0.1) is 0 Å². The Hall–Kier alpha value is -2.11. The maximum absolute atomic E-state index is 13.1. The Bertz CT molecular complexity index is 1320. The van der Waals surface area contributed by atoms with E-state index in [4.69, 9.17) is 27.5 Å². The number of imidazole rings is 1.